The number of nitrogens with zero attached hydrogens (tertiary/aromatic N) is 1. The van der Waals surface area contributed by atoms with Crippen LogP contribution >= 0.6 is 0 Å². The maximum absolute atomic E-state index is 11.1. The smallest absolute Gasteiger partial charge is 0.358 e. The zero-order valence-electron chi connectivity index (χ0n) is 10.6. The fourth-order valence-electron chi connectivity index (χ4n) is 1.88. The van der Waals surface area contributed by atoms with Crippen LogP contribution in [0.3, 0.4) is 0 Å². The van der Waals surface area contributed by atoms with Crippen molar-refractivity contribution in [2.75, 3.05) is 12.8 Å². The SMILES string of the molecule is CCc1ccc(OC)c(-c2c(C(=O)O)noc2N)c1. The predicted molar refractivity (Wildman–Crippen MR) is 69.2 cm³/mol. The van der Waals surface area contributed by atoms with Crippen LogP contribution < -0.4 is 10.5 Å². The Morgan fingerprint density at radius 1 is 1.53 bits per heavy atom. The molecular formula is C13H14N2O4. The molecule has 6 heteroatoms. The third-order valence-electron chi connectivity index (χ3n) is 2.86. The minimum atomic E-state index is -1.19. The highest BCUT2D eigenvalue weighted by Gasteiger charge is 2.24. The van der Waals surface area contributed by atoms with Crippen LogP contribution in [0, 0.1) is 0 Å². The highest BCUT2D eigenvalue weighted by Crippen LogP contribution is 2.37. The van der Waals surface area contributed by atoms with Crippen molar-refractivity contribution in [1.82, 2.24) is 5.16 Å². The predicted octanol–water partition coefficient (Wildman–Crippen LogP) is 2.19. The van der Waals surface area contributed by atoms with E-state index in [1.54, 1.807) is 6.07 Å². The monoisotopic (exact) mass is 262 g/mol. The third-order valence-corrected chi connectivity index (χ3v) is 2.86. The van der Waals surface area contributed by atoms with Crippen molar-refractivity contribution >= 4 is 11.9 Å². The molecule has 1 aromatic carbocycles. The summed E-state index contributed by atoms with van der Waals surface area (Å²) in [7, 11) is 1.51. The first kappa shape index (κ1) is 12.9. The fraction of sp³-hybridized carbons (Fsp3) is 0.231. The van der Waals surface area contributed by atoms with Crippen LogP contribution in [-0.4, -0.2) is 23.3 Å². The van der Waals surface area contributed by atoms with E-state index in [1.807, 2.05) is 19.1 Å². The van der Waals surface area contributed by atoms with E-state index in [0.29, 0.717) is 11.3 Å². The van der Waals surface area contributed by atoms with Crippen molar-refractivity contribution in [3.8, 4) is 16.9 Å². The van der Waals surface area contributed by atoms with Gasteiger partial charge in [-0.3, -0.25) is 0 Å². The number of nitrogens with two attached hydrogens (primary N) is 1. The summed E-state index contributed by atoms with van der Waals surface area (Å²) < 4.78 is 10.0. The largest absolute Gasteiger partial charge is 0.496 e. The highest BCUT2D eigenvalue weighted by atomic mass is 16.5. The molecule has 100 valence electrons. The van der Waals surface area contributed by atoms with Gasteiger partial charge in [-0.25, -0.2) is 4.79 Å². The molecule has 2 aromatic rings. The van der Waals surface area contributed by atoms with Crippen molar-refractivity contribution in [2.45, 2.75) is 13.3 Å². The molecule has 0 fully saturated rings. The first-order chi connectivity index (χ1) is 9.08. The van der Waals surface area contributed by atoms with Gasteiger partial charge in [0.25, 0.3) is 0 Å². The first-order valence-electron chi connectivity index (χ1n) is 5.74. The average Bonchev–Trinajstić information content (AvgIpc) is 2.80. The van der Waals surface area contributed by atoms with E-state index in [1.165, 1.54) is 7.11 Å². The number of carbonyl (C=O) groups is 1. The van der Waals surface area contributed by atoms with Crippen LogP contribution in [-0.2, 0) is 6.42 Å². The maximum atomic E-state index is 11.1. The molecule has 0 aliphatic carbocycles. The Morgan fingerprint density at radius 3 is 2.84 bits per heavy atom. The fourth-order valence-corrected chi connectivity index (χ4v) is 1.88. The number of carboxylic acid groups (broad SMARTS) is 1. The molecular weight excluding hydrogens is 248 g/mol. The molecule has 0 saturated carbocycles. The Kier molecular flexibility index (Phi) is 3.41. The molecule has 0 bridgehead atoms. The zero-order valence-corrected chi connectivity index (χ0v) is 10.6. The summed E-state index contributed by atoms with van der Waals surface area (Å²) >= 11 is 0. The number of aryl methyl sites for hydroxylation is 1. The van der Waals surface area contributed by atoms with E-state index in [9.17, 15) is 4.79 Å². The van der Waals surface area contributed by atoms with Crippen LogP contribution in [0.4, 0.5) is 5.88 Å². The summed E-state index contributed by atoms with van der Waals surface area (Å²) in [5.74, 6) is -0.710. The maximum Gasteiger partial charge on any atom is 0.358 e. The second kappa shape index (κ2) is 5.01. The van der Waals surface area contributed by atoms with Crippen molar-refractivity contribution in [2.24, 2.45) is 0 Å². The highest BCUT2D eigenvalue weighted by molar-refractivity contribution is 5.98. The molecule has 0 spiro atoms. The Morgan fingerprint density at radius 2 is 2.26 bits per heavy atom. The zero-order chi connectivity index (χ0) is 14.0. The Hall–Kier alpha value is -2.50. The van der Waals surface area contributed by atoms with Gasteiger partial charge in [-0.2, -0.15) is 0 Å². The molecule has 0 aliphatic rings. The molecule has 0 unspecified atom stereocenters. The molecule has 2 rings (SSSR count). The van der Waals surface area contributed by atoms with Crippen LogP contribution in [0.5, 0.6) is 5.75 Å². The quantitative estimate of drug-likeness (QED) is 0.876. The number of benzene rings is 1. The molecule has 0 aliphatic heterocycles. The molecule has 0 saturated heterocycles. The minimum absolute atomic E-state index is 0.0380. The topological polar surface area (TPSA) is 98.6 Å². The van der Waals surface area contributed by atoms with E-state index in [-0.39, 0.29) is 17.1 Å². The summed E-state index contributed by atoms with van der Waals surface area (Å²) in [6.45, 7) is 2.00. The number of carboxylic acids is 1. The van der Waals surface area contributed by atoms with E-state index in [0.717, 1.165) is 12.0 Å². The van der Waals surface area contributed by atoms with Gasteiger partial charge >= 0.3 is 5.97 Å². The Bertz CT molecular complexity index is 619. The van der Waals surface area contributed by atoms with Gasteiger partial charge in [-0.15, -0.1) is 0 Å². The van der Waals surface area contributed by atoms with Gasteiger partial charge in [0, 0.05) is 5.56 Å². The van der Waals surface area contributed by atoms with Gasteiger partial charge in [-0.1, -0.05) is 18.1 Å². The normalized spacial score (nSPS) is 10.4. The number of anilines is 1. The van der Waals surface area contributed by atoms with Crippen LogP contribution in [0.25, 0.3) is 11.1 Å². The van der Waals surface area contributed by atoms with Crippen molar-refractivity contribution in [3.63, 3.8) is 0 Å². The lowest BCUT2D eigenvalue weighted by molar-refractivity contribution is 0.0686. The molecule has 6 nitrogen and oxygen atoms in total. The summed E-state index contributed by atoms with van der Waals surface area (Å²) in [6.07, 6.45) is 0.810. The van der Waals surface area contributed by atoms with Gasteiger partial charge in [0.05, 0.1) is 12.7 Å². The van der Waals surface area contributed by atoms with Gasteiger partial charge in [0.15, 0.2) is 0 Å². The summed E-state index contributed by atoms with van der Waals surface area (Å²) in [5, 5.41) is 12.6. The van der Waals surface area contributed by atoms with E-state index in [2.05, 4.69) is 5.16 Å². The Balaban J connectivity index is 2.69. The minimum Gasteiger partial charge on any atom is -0.496 e. The summed E-state index contributed by atoms with van der Waals surface area (Å²) in [4.78, 5) is 11.1. The van der Waals surface area contributed by atoms with Crippen LogP contribution in [0.1, 0.15) is 23.0 Å². The van der Waals surface area contributed by atoms with Crippen LogP contribution in [0.15, 0.2) is 22.7 Å². The van der Waals surface area contributed by atoms with Gasteiger partial charge in [0.1, 0.15) is 5.75 Å². The number of methoxy groups -OCH3 is 1. The summed E-state index contributed by atoms with van der Waals surface area (Å²) in [5.41, 5.74) is 7.31. The average molecular weight is 262 g/mol. The van der Waals surface area contributed by atoms with Gasteiger partial charge in [0.2, 0.25) is 11.6 Å². The second-order valence-corrected chi connectivity index (χ2v) is 3.96. The number of aromatic carboxylic acids is 1. The Labute approximate surface area is 109 Å². The van der Waals surface area contributed by atoms with Crippen molar-refractivity contribution in [3.05, 3.63) is 29.5 Å². The lowest BCUT2D eigenvalue weighted by Crippen LogP contribution is -2.01. The number of hydrogen-bond donors (Lipinski definition) is 2. The van der Waals surface area contributed by atoms with Gasteiger partial charge in [-0.05, 0) is 24.1 Å². The number of aromatic nitrogens is 1. The van der Waals surface area contributed by atoms with Crippen molar-refractivity contribution < 1.29 is 19.2 Å². The standard InChI is InChI=1S/C13H14N2O4/c1-3-7-4-5-9(18-2)8(6-7)10-11(13(16)17)15-19-12(10)14/h4-6H,3,14H2,1-2H3,(H,16,17). The first-order valence-corrected chi connectivity index (χ1v) is 5.74. The number of rotatable bonds is 4. The molecule has 1 heterocycles. The molecule has 19 heavy (non-hydrogen) atoms. The van der Waals surface area contributed by atoms with E-state index >= 15 is 0 Å². The summed E-state index contributed by atoms with van der Waals surface area (Å²) in [6, 6.07) is 5.51. The molecule has 1 aromatic heterocycles. The second-order valence-electron chi connectivity index (χ2n) is 3.96. The lowest BCUT2D eigenvalue weighted by Gasteiger charge is -2.09. The molecule has 0 radical (unpaired) electrons. The van der Waals surface area contributed by atoms with E-state index in [4.69, 9.17) is 20.1 Å². The van der Waals surface area contributed by atoms with Crippen LogP contribution in [0.2, 0.25) is 0 Å². The van der Waals surface area contributed by atoms with Gasteiger partial charge < -0.3 is 20.1 Å². The third kappa shape index (κ3) is 2.24. The number of nitrogen functional groups attached to an aromatic ring is 1. The lowest BCUT2D eigenvalue weighted by atomic mass is 10.0. The van der Waals surface area contributed by atoms with E-state index < -0.39 is 5.97 Å². The molecule has 3 N–H and O–H groups in total. The number of hydrogen-bond acceptors (Lipinski definition) is 5. The molecule has 0 amide bonds. The van der Waals surface area contributed by atoms with Crippen molar-refractivity contribution in [1.29, 1.82) is 0 Å². The number of ether oxygens (including phenoxy) is 1. The molecule has 0 atom stereocenters.